The zero-order valence-electron chi connectivity index (χ0n) is 16.7. The van der Waals surface area contributed by atoms with E-state index in [-0.39, 0.29) is 33.4 Å². The average Bonchev–Trinajstić information content (AvgIpc) is 3.18. The highest BCUT2D eigenvalue weighted by atomic mass is 35.5. The van der Waals surface area contributed by atoms with Crippen molar-refractivity contribution in [3.8, 4) is 17.1 Å². The van der Waals surface area contributed by atoms with E-state index in [2.05, 4.69) is 15.3 Å². The average molecular weight is 458 g/mol. The van der Waals surface area contributed by atoms with Crippen molar-refractivity contribution in [2.24, 2.45) is 0 Å². The number of rotatable bonds is 5. The molecule has 158 valence electrons. The van der Waals surface area contributed by atoms with Crippen molar-refractivity contribution in [2.75, 3.05) is 7.11 Å². The van der Waals surface area contributed by atoms with E-state index in [9.17, 15) is 9.18 Å². The van der Waals surface area contributed by atoms with Crippen molar-refractivity contribution in [1.82, 2.24) is 15.3 Å². The Labute approximate surface area is 188 Å². The number of halogens is 3. The van der Waals surface area contributed by atoms with Gasteiger partial charge < -0.3 is 15.0 Å². The molecule has 4 aromatic rings. The lowest BCUT2D eigenvalue weighted by molar-refractivity contribution is 0.0940. The van der Waals surface area contributed by atoms with Gasteiger partial charge in [0.2, 0.25) is 0 Å². The number of carbonyl (C=O) groups excluding carboxylic acids is 1. The first-order chi connectivity index (χ1) is 14.9. The van der Waals surface area contributed by atoms with E-state index in [1.165, 1.54) is 18.2 Å². The molecule has 2 N–H and O–H groups in total. The van der Waals surface area contributed by atoms with Crippen molar-refractivity contribution in [3.05, 3.63) is 81.6 Å². The summed E-state index contributed by atoms with van der Waals surface area (Å²) in [6.45, 7) is 1.88. The summed E-state index contributed by atoms with van der Waals surface area (Å²) in [5.74, 6) is 0.133. The highest BCUT2D eigenvalue weighted by Crippen LogP contribution is 2.32. The van der Waals surface area contributed by atoms with Crippen LogP contribution < -0.4 is 10.1 Å². The van der Waals surface area contributed by atoms with E-state index >= 15 is 0 Å². The molecule has 31 heavy (non-hydrogen) atoms. The summed E-state index contributed by atoms with van der Waals surface area (Å²) in [6.07, 6.45) is 0. The number of H-pyrrole nitrogens is 1. The van der Waals surface area contributed by atoms with Crippen LogP contribution in [0.4, 0.5) is 4.39 Å². The first kappa shape index (κ1) is 21.2. The number of benzene rings is 3. The van der Waals surface area contributed by atoms with Crippen molar-refractivity contribution in [1.29, 1.82) is 0 Å². The van der Waals surface area contributed by atoms with Gasteiger partial charge in [0, 0.05) is 5.56 Å². The summed E-state index contributed by atoms with van der Waals surface area (Å²) in [4.78, 5) is 20.2. The highest BCUT2D eigenvalue weighted by Gasteiger charge is 2.18. The van der Waals surface area contributed by atoms with Gasteiger partial charge in [-0.1, -0.05) is 41.4 Å². The van der Waals surface area contributed by atoms with Crippen molar-refractivity contribution < 1.29 is 13.9 Å². The van der Waals surface area contributed by atoms with E-state index in [1.54, 1.807) is 19.2 Å². The van der Waals surface area contributed by atoms with Gasteiger partial charge >= 0.3 is 0 Å². The van der Waals surface area contributed by atoms with Crippen LogP contribution in [0.15, 0.2) is 54.6 Å². The molecule has 1 amide bonds. The molecule has 1 heterocycles. The van der Waals surface area contributed by atoms with Gasteiger partial charge in [-0.05, 0) is 48.9 Å². The van der Waals surface area contributed by atoms with E-state index in [1.807, 2.05) is 31.2 Å². The Hall–Kier alpha value is -3.09. The maximum Gasteiger partial charge on any atom is 0.251 e. The summed E-state index contributed by atoms with van der Waals surface area (Å²) >= 11 is 12.5. The molecule has 0 saturated carbocycles. The number of aromatic amines is 1. The number of methoxy groups -OCH3 is 1. The molecule has 1 aromatic heterocycles. The predicted molar refractivity (Wildman–Crippen MR) is 120 cm³/mol. The molecule has 4 rings (SSSR count). The third kappa shape index (κ3) is 4.22. The lowest BCUT2D eigenvalue weighted by Gasteiger charge is -2.15. The molecule has 1 atom stereocenters. The number of fused-ring (bicyclic) bond motifs is 1. The Morgan fingerprint density at radius 3 is 2.65 bits per heavy atom. The van der Waals surface area contributed by atoms with Crippen LogP contribution in [0.5, 0.6) is 5.75 Å². The summed E-state index contributed by atoms with van der Waals surface area (Å²) < 4.78 is 19.5. The Balaban J connectivity index is 1.64. The molecule has 0 spiro atoms. The minimum atomic E-state index is -0.507. The van der Waals surface area contributed by atoms with Crippen LogP contribution in [0.1, 0.15) is 28.9 Å². The number of nitrogens with one attached hydrogen (secondary N) is 2. The zero-order valence-corrected chi connectivity index (χ0v) is 18.2. The van der Waals surface area contributed by atoms with Gasteiger partial charge in [0.1, 0.15) is 22.9 Å². The second-order valence-corrected chi connectivity index (χ2v) is 7.82. The molecule has 0 radical (unpaired) electrons. The monoisotopic (exact) mass is 457 g/mol. The lowest BCUT2D eigenvalue weighted by atomic mass is 10.1. The topological polar surface area (TPSA) is 67.0 Å². The molecule has 3 aromatic carbocycles. The molecule has 0 aliphatic rings. The fourth-order valence-electron chi connectivity index (χ4n) is 3.32. The fraction of sp³-hybridized carbons (Fsp3) is 0.130. The van der Waals surface area contributed by atoms with Crippen LogP contribution in [0.3, 0.4) is 0 Å². The first-order valence-corrected chi connectivity index (χ1v) is 10.2. The Morgan fingerprint density at radius 2 is 1.90 bits per heavy atom. The van der Waals surface area contributed by atoms with Gasteiger partial charge in [0.25, 0.3) is 5.91 Å². The number of hydrogen-bond acceptors (Lipinski definition) is 3. The standard InChI is InChI=1S/C23H18Cl2FN3O2/c1-12(13-5-3-6-15(9-13)31-2)27-23(30)14-10-17(25)21-19(11-14)28-22(29-21)20-16(24)7-4-8-18(20)26/h3-12H,1-2H3,(H,27,30)(H,28,29). The molecule has 0 saturated heterocycles. The second kappa shape index (κ2) is 8.57. The number of hydrogen-bond donors (Lipinski definition) is 2. The molecule has 0 bridgehead atoms. The van der Waals surface area contributed by atoms with Gasteiger partial charge in [0.05, 0.1) is 34.3 Å². The van der Waals surface area contributed by atoms with Gasteiger partial charge in [-0.3, -0.25) is 4.79 Å². The van der Waals surface area contributed by atoms with E-state index in [4.69, 9.17) is 27.9 Å². The Kier molecular flexibility index (Phi) is 5.85. The summed E-state index contributed by atoms with van der Waals surface area (Å²) in [7, 11) is 1.59. The largest absolute Gasteiger partial charge is 0.497 e. The molecular weight excluding hydrogens is 440 g/mol. The number of carbonyl (C=O) groups is 1. The number of nitrogens with zero attached hydrogens (tertiary/aromatic N) is 1. The van der Waals surface area contributed by atoms with Gasteiger partial charge in [-0.2, -0.15) is 0 Å². The minimum Gasteiger partial charge on any atom is -0.497 e. The molecule has 0 aliphatic carbocycles. The second-order valence-electron chi connectivity index (χ2n) is 7.01. The van der Waals surface area contributed by atoms with Crippen molar-refractivity contribution in [3.63, 3.8) is 0 Å². The van der Waals surface area contributed by atoms with Gasteiger partial charge in [-0.15, -0.1) is 0 Å². The smallest absolute Gasteiger partial charge is 0.251 e. The Bertz CT molecular complexity index is 1270. The third-order valence-corrected chi connectivity index (χ3v) is 5.55. The van der Waals surface area contributed by atoms with E-state index in [0.29, 0.717) is 22.3 Å². The normalized spacial score (nSPS) is 12.0. The van der Waals surface area contributed by atoms with E-state index < -0.39 is 5.82 Å². The molecule has 0 fully saturated rings. The maximum atomic E-state index is 14.3. The van der Waals surface area contributed by atoms with Gasteiger partial charge in [-0.25, -0.2) is 9.37 Å². The number of amides is 1. The third-order valence-electron chi connectivity index (χ3n) is 4.94. The molecule has 1 unspecified atom stereocenters. The number of aromatic nitrogens is 2. The zero-order chi connectivity index (χ0) is 22.1. The summed E-state index contributed by atoms with van der Waals surface area (Å²) in [5, 5.41) is 3.44. The summed E-state index contributed by atoms with van der Waals surface area (Å²) in [6, 6.07) is 14.8. The van der Waals surface area contributed by atoms with Crippen LogP contribution >= 0.6 is 23.2 Å². The SMILES string of the molecule is COc1cccc(C(C)NC(=O)c2cc(Cl)c3nc(-c4c(F)cccc4Cl)[nH]c3c2)c1. The Morgan fingerprint density at radius 1 is 1.13 bits per heavy atom. The quantitative estimate of drug-likeness (QED) is 0.376. The highest BCUT2D eigenvalue weighted by molar-refractivity contribution is 6.35. The minimum absolute atomic E-state index is 0.147. The van der Waals surface area contributed by atoms with Crippen molar-refractivity contribution >= 4 is 40.1 Å². The predicted octanol–water partition coefficient (Wildman–Crippen LogP) is 6.18. The first-order valence-electron chi connectivity index (χ1n) is 9.46. The van der Waals surface area contributed by atoms with Crippen LogP contribution in [0, 0.1) is 5.82 Å². The van der Waals surface area contributed by atoms with Gasteiger partial charge in [0.15, 0.2) is 0 Å². The molecule has 0 aliphatic heterocycles. The van der Waals surface area contributed by atoms with Crippen LogP contribution in [0.2, 0.25) is 10.0 Å². The van der Waals surface area contributed by atoms with Crippen LogP contribution in [-0.2, 0) is 0 Å². The number of imidazole rings is 1. The molecule has 5 nitrogen and oxygen atoms in total. The van der Waals surface area contributed by atoms with Crippen molar-refractivity contribution in [2.45, 2.75) is 13.0 Å². The molecular formula is C23H18Cl2FN3O2. The van der Waals surface area contributed by atoms with Crippen LogP contribution in [0.25, 0.3) is 22.4 Å². The van der Waals surface area contributed by atoms with E-state index in [0.717, 1.165) is 5.56 Å². The fourth-order valence-corrected chi connectivity index (χ4v) is 3.84. The molecule has 8 heteroatoms. The maximum absolute atomic E-state index is 14.3. The van der Waals surface area contributed by atoms with Crippen LogP contribution in [-0.4, -0.2) is 23.0 Å². The number of ether oxygens (including phenoxy) is 1. The lowest BCUT2D eigenvalue weighted by Crippen LogP contribution is -2.26. The summed E-state index contributed by atoms with van der Waals surface area (Å²) in [5.41, 5.74) is 2.32.